The van der Waals surface area contributed by atoms with Gasteiger partial charge in [-0.3, -0.25) is 5.41 Å². The van der Waals surface area contributed by atoms with Crippen LogP contribution in [0.1, 0.15) is 12.5 Å². The molecular weight excluding hydrogens is 253 g/mol. The normalized spacial score (nSPS) is 9.77. The zero-order chi connectivity index (χ0) is 9.84. The number of rotatable bonds is 2. The van der Waals surface area contributed by atoms with E-state index in [0.717, 1.165) is 4.47 Å². The molecule has 2 nitrogen and oxygen atoms in total. The number of hydrogen-bond acceptors (Lipinski definition) is 2. The first-order valence-corrected chi connectivity index (χ1v) is 4.99. The van der Waals surface area contributed by atoms with Gasteiger partial charge >= 0.3 is 0 Å². The third kappa shape index (κ3) is 2.71. The summed E-state index contributed by atoms with van der Waals surface area (Å²) < 4.78 is 5.87. The maximum Gasteiger partial charge on any atom is 0.214 e. The lowest BCUT2D eigenvalue weighted by Gasteiger charge is -2.06. The molecule has 0 heterocycles. The van der Waals surface area contributed by atoms with Crippen molar-refractivity contribution in [3.8, 4) is 0 Å². The Kier molecular flexibility index (Phi) is 3.75. The molecule has 0 unspecified atom stereocenters. The smallest absolute Gasteiger partial charge is 0.214 e. The Morgan fingerprint density at radius 1 is 1.62 bits per heavy atom. The summed E-state index contributed by atoms with van der Waals surface area (Å²) in [6.45, 7) is 2.32. The molecule has 1 rings (SSSR count). The summed E-state index contributed by atoms with van der Waals surface area (Å²) >= 11 is 9.11. The van der Waals surface area contributed by atoms with Crippen LogP contribution >= 0.6 is 27.5 Å². The lowest BCUT2D eigenvalue weighted by Crippen LogP contribution is -2.05. The Balaban J connectivity index is 2.99. The molecule has 0 fully saturated rings. The van der Waals surface area contributed by atoms with Crippen molar-refractivity contribution < 1.29 is 4.74 Å². The highest BCUT2D eigenvalue weighted by Crippen LogP contribution is 2.21. The maximum absolute atomic E-state index is 7.56. The van der Waals surface area contributed by atoms with Crippen LogP contribution in [0.5, 0.6) is 0 Å². The standard InChI is InChI=1S/C9H9BrClNO/c1-2-13-9(12)7-5-6(11)3-4-8(7)10/h3-5,12H,2H2,1H3. The van der Waals surface area contributed by atoms with E-state index in [0.29, 0.717) is 17.2 Å². The van der Waals surface area contributed by atoms with E-state index in [9.17, 15) is 0 Å². The second kappa shape index (κ2) is 4.63. The monoisotopic (exact) mass is 261 g/mol. The van der Waals surface area contributed by atoms with Gasteiger partial charge in [0.15, 0.2) is 0 Å². The van der Waals surface area contributed by atoms with E-state index in [4.69, 9.17) is 21.7 Å². The fourth-order valence-electron chi connectivity index (χ4n) is 0.894. The molecule has 0 aromatic heterocycles. The van der Waals surface area contributed by atoms with Crippen molar-refractivity contribution in [1.29, 1.82) is 5.41 Å². The molecule has 0 amide bonds. The van der Waals surface area contributed by atoms with Gasteiger partial charge in [-0.15, -0.1) is 0 Å². The van der Waals surface area contributed by atoms with E-state index in [1.54, 1.807) is 18.2 Å². The Morgan fingerprint density at radius 3 is 2.92 bits per heavy atom. The molecule has 70 valence electrons. The van der Waals surface area contributed by atoms with Gasteiger partial charge in [-0.2, -0.15) is 0 Å². The molecular formula is C9H9BrClNO. The first kappa shape index (κ1) is 10.5. The summed E-state index contributed by atoms with van der Waals surface area (Å²) in [6.07, 6.45) is 0. The molecule has 0 bridgehead atoms. The van der Waals surface area contributed by atoms with Crippen molar-refractivity contribution in [2.75, 3.05) is 6.61 Å². The second-order valence-corrected chi connectivity index (χ2v) is 3.68. The predicted molar refractivity (Wildman–Crippen MR) is 57.6 cm³/mol. The van der Waals surface area contributed by atoms with Crippen molar-refractivity contribution in [2.45, 2.75) is 6.92 Å². The van der Waals surface area contributed by atoms with Gasteiger partial charge in [-0.25, -0.2) is 0 Å². The van der Waals surface area contributed by atoms with Crippen LogP contribution in [-0.4, -0.2) is 12.5 Å². The molecule has 0 aliphatic rings. The zero-order valence-electron chi connectivity index (χ0n) is 7.10. The Labute approximate surface area is 90.5 Å². The van der Waals surface area contributed by atoms with Crippen LogP contribution in [0.15, 0.2) is 22.7 Å². The molecule has 13 heavy (non-hydrogen) atoms. The van der Waals surface area contributed by atoms with Gasteiger partial charge in [0.25, 0.3) is 0 Å². The Hall–Kier alpha value is -0.540. The summed E-state index contributed by atoms with van der Waals surface area (Å²) in [5.41, 5.74) is 0.675. The van der Waals surface area contributed by atoms with Gasteiger partial charge in [0.2, 0.25) is 5.90 Å². The minimum Gasteiger partial charge on any atom is -0.478 e. The highest BCUT2D eigenvalue weighted by molar-refractivity contribution is 9.10. The van der Waals surface area contributed by atoms with Crippen LogP contribution in [-0.2, 0) is 4.74 Å². The van der Waals surface area contributed by atoms with Crippen molar-refractivity contribution in [3.63, 3.8) is 0 Å². The first-order valence-electron chi connectivity index (χ1n) is 3.82. The number of benzene rings is 1. The van der Waals surface area contributed by atoms with Crippen LogP contribution in [0.25, 0.3) is 0 Å². The van der Waals surface area contributed by atoms with Crippen LogP contribution in [0.4, 0.5) is 0 Å². The first-order chi connectivity index (χ1) is 6.15. The van der Waals surface area contributed by atoms with Gasteiger partial charge in [0.05, 0.1) is 12.2 Å². The Bertz CT molecular complexity index is 327. The lowest BCUT2D eigenvalue weighted by molar-refractivity contribution is 0.325. The topological polar surface area (TPSA) is 33.1 Å². The fraction of sp³-hybridized carbons (Fsp3) is 0.222. The molecule has 0 spiro atoms. The predicted octanol–water partition coefficient (Wildman–Crippen LogP) is 3.46. The highest BCUT2D eigenvalue weighted by atomic mass is 79.9. The summed E-state index contributed by atoms with van der Waals surface area (Å²) in [7, 11) is 0. The van der Waals surface area contributed by atoms with E-state index in [2.05, 4.69) is 15.9 Å². The highest BCUT2D eigenvalue weighted by Gasteiger charge is 2.07. The van der Waals surface area contributed by atoms with Crippen molar-refractivity contribution in [3.05, 3.63) is 33.3 Å². The molecule has 0 saturated carbocycles. The van der Waals surface area contributed by atoms with Gasteiger partial charge in [-0.05, 0) is 41.1 Å². The molecule has 0 atom stereocenters. The van der Waals surface area contributed by atoms with Crippen LogP contribution in [0.2, 0.25) is 5.02 Å². The maximum atomic E-state index is 7.56. The van der Waals surface area contributed by atoms with Crippen LogP contribution < -0.4 is 0 Å². The van der Waals surface area contributed by atoms with Crippen molar-refractivity contribution >= 4 is 33.4 Å². The largest absolute Gasteiger partial charge is 0.478 e. The number of hydrogen-bond donors (Lipinski definition) is 1. The van der Waals surface area contributed by atoms with E-state index < -0.39 is 0 Å². The molecule has 4 heteroatoms. The lowest BCUT2D eigenvalue weighted by atomic mass is 10.2. The number of nitrogens with one attached hydrogen (secondary N) is 1. The summed E-state index contributed by atoms with van der Waals surface area (Å²) in [6, 6.07) is 5.25. The third-order valence-corrected chi connectivity index (χ3v) is 2.39. The van der Waals surface area contributed by atoms with Gasteiger partial charge < -0.3 is 4.74 Å². The van der Waals surface area contributed by atoms with E-state index >= 15 is 0 Å². The van der Waals surface area contributed by atoms with Gasteiger partial charge in [-0.1, -0.05) is 11.6 Å². The molecule has 1 aromatic rings. The fourth-order valence-corrected chi connectivity index (χ4v) is 1.49. The van der Waals surface area contributed by atoms with Crippen LogP contribution in [0.3, 0.4) is 0 Å². The quantitative estimate of drug-likeness (QED) is 0.642. The zero-order valence-corrected chi connectivity index (χ0v) is 9.45. The summed E-state index contributed by atoms with van der Waals surface area (Å²) in [4.78, 5) is 0. The van der Waals surface area contributed by atoms with E-state index in [1.165, 1.54) is 0 Å². The summed E-state index contributed by atoms with van der Waals surface area (Å²) in [5.74, 6) is 0.136. The van der Waals surface area contributed by atoms with Crippen LogP contribution in [0, 0.1) is 5.41 Å². The second-order valence-electron chi connectivity index (χ2n) is 2.39. The molecule has 1 N–H and O–H groups in total. The van der Waals surface area contributed by atoms with Crippen molar-refractivity contribution in [1.82, 2.24) is 0 Å². The molecule has 1 aromatic carbocycles. The number of halogens is 2. The molecule has 0 aliphatic heterocycles. The average molecular weight is 263 g/mol. The van der Waals surface area contributed by atoms with Gasteiger partial charge in [0.1, 0.15) is 0 Å². The Morgan fingerprint density at radius 2 is 2.31 bits per heavy atom. The number of ether oxygens (including phenoxy) is 1. The summed E-state index contributed by atoms with van der Waals surface area (Å²) in [5, 5.41) is 8.16. The van der Waals surface area contributed by atoms with E-state index in [1.807, 2.05) is 6.92 Å². The van der Waals surface area contributed by atoms with Gasteiger partial charge in [0, 0.05) is 9.50 Å². The van der Waals surface area contributed by atoms with E-state index in [-0.39, 0.29) is 5.90 Å². The van der Waals surface area contributed by atoms with Crippen molar-refractivity contribution in [2.24, 2.45) is 0 Å². The minimum absolute atomic E-state index is 0.136. The molecule has 0 radical (unpaired) electrons. The third-order valence-electron chi connectivity index (χ3n) is 1.46. The SMILES string of the molecule is CCOC(=N)c1cc(Cl)ccc1Br. The average Bonchev–Trinajstić information content (AvgIpc) is 2.09. The molecule has 0 aliphatic carbocycles. The molecule has 0 saturated heterocycles. The minimum atomic E-state index is 0.136.